The largest absolute Gasteiger partial charge is 0.481 e. The lowest BCUT2D eigenvalue weighted by Gasteiger charge is -2.22. The van der Waals surface area contributed by atoms with Gasteiger partial charge in [-0.3, -0.25) is 9.59 Å². The van der Waals surface area contributed by atoms with Crippen LogP contribution in [0, 0.1) is 11.8 Å². The van der Waals surface area contributed by atoms with Gasteiger partial charge in [-0.2, -0.15) is 0 Å². The van der Waals surface area contributed by atoms with E-state index in [0.29, 0.717) is 19.0 Å². The highest BCUT2D eigenvalue weighted by molar-refractivity contribution is 5.81. The van der Waals surface area contributed by atoms with Gasteiger partial charge in [0.1, 0.15) is 0 Å². The van der Waals surface area contributed by atoms with Crippen molar-refractivity contribution < 1.29 is 14.7 Å². The predicted molar refractivity (Wildman–Crippen MR) is 61.0 cm³/mol. The molecule has 1 fully saturated rings. The minimum atomic E-state index is -0.835. The first-order chi connectivity index (χ1) is 7.50. The van der Waals surface area contributed by atoms with Gasteiger partial charge in [-0.25, -0.2) is 0 Å². The van der Waals surface area contributed by atoms with Crippen molar-refractivity contribution in [2.45, 2.75) is 39.5 Å². The molecule has 0 unspecified atom stereocenters. The van der Waals surface area contributed by atoms with Gasteiger partial charge in [0, 0.05) is 19.0 Å². The summed E-state index contributed by atoms with van der Waals surface area (Å²) in [5.74, 6) is 0.0420. The number of carbonyl (C=O) groups is 2. The molecule has 0 aromatic carbocycles. The molecule has 4 heteroatoms. The standard InChI is InChI=1S/C12H21NO3/c1-9(2)5-7-13(8-6-11(14)15)12(16)10-3-4-10/h9-10H,3-8H2,1-2H3,(H,14,15). The van der Waals surface area contributed by atoms with Gasteiger partial charge in [0.2, 0.25) is 5.91 Å². The van der Waals surface area contributed by atoms with E-state index in [1.54, 1.807) is 4.90 Å². The van der Waals surface area contributed by atoms with Crippen LogP contribution in [0.1, 0.15) is 39.5 Å². The van der Waals surface area contributed by atoms with Crippen molar-refractivity contribution in [1.29, 1.82) is 0 Å². The molecule has 16 heavy (non-hydrogen) atoms. The lowest BCUT2D eigenvalue weighted by atomic mass is 10.1. The highest BCUT2D eigenvalue weighted by Crippen LogP contribution is 2.31. The second-order valence-electron chi connectivity index (χ2n) is 4.93. The van der Waals surface area contributed by atoms with Gasteiger partial charge in [-0.15, -0.1) is 0 Å². The summed E-state index contributed by atoms with van der Waals surface area (Å²) in [4.78, 5) is 24.1. The summed E-state index contributed by atoms with van der Waals surface area (Å²) in [6.45, 7) is 5.27. The summed E-state index contributed by atoms with van der Waals surface area (Å²) in [5, 5.41) is 8.64. The van der Waals surface area contributed by atoms with E-state index in [2.05, 4.69) is 13.8 Å². The number of rotatable bonds is 7. The molecule has 1 aliphatic carbocycles. The van der Waals surface area contributed by atoms with Crippen molar-refractivity contribution in [3.63, 3.8) is 0 Å². The van der Waals surface area contributed by atoms with Gasteiger partial charge in [0.25, 0.3) is 0 Å². The minimum Gasteiger partial charge on any atom is -0.481 e. The highest BCUT2D eigenvalue weighted by atomic mass is 16.4. The molecule has 1 amide bonds. The van der Waals surface area contributed by atoms with E-state index in [9.17, 15) is 9.59 Å². The summed E-state index contributed by atoms with van der Waals surface area (Å²) in [5.41, 5.74) is 0. The number of hydrogen-bond donors (Lipinski definition) is 1. The Kier molecular flexibility index (Phi) is 4.77. The summed E-state index contributed by atoms with van der Waals surface area (Å²) in [7, 11) is 0. The van der Waals surface area contributed by atoms with Crippen LogP contribution in [0.2, 0.25) is 0 Å². The molecule has 0 radical (unpaired) electrons. The van der Waals surface area contributed by atoms with Crippen molar-refractivity contribution in [2.75, 3.05) is 13.1 Å². The third-order valence-corrected chi connectivity index (χ3v) is 2.81. The predicted octanol–water partition coefficient (Wildman–Crippen LogP) is 1.75. The molecule has 0 aromatic rings. The lowest BCUT2D eigenvalue weighted by Crippen LogP contribution is -2.35. The van der Waals surface area contributed by atoms with E-state index >= 15 is 0 Å². The van der Waals surface area contributed by atoms with Crippen LogP contribution in [0.25, 0.3) is 0 Å². The lowest BCUT2D eigenvalue weighted by molar-refractivity contribution is -0.138. The monoisotopic (exact) mass is 227 g/mol. The Bertz CT molecular complexity index is 259. The Balaban J connectivity index is 2.39. The Morgan fingerprint density at radius 1 is 1.31 bits per heavy atom. The van der Waals surface area contributed by atoms with Crippen LogP contribution in [-0.4, -0.2) is 35.0 Å². The number of hydrogen-bond acceptors (Lipinski definition) is 2. The maximum absolute atomic E-state index is 11.9. The van der Waals surface area contributed by atoms with E-state index in [1.807, 2.05) is 0 Å². The van der Waals surface area contributed by atoms with Crippen LogP contribution in [0.4, 0.5) is 0 Å². The fourth-order valence-electron chi connectivity index (χ4n) is 1.57. The first-order valence-electron chi connectivity index (χ1n) is 6.01. The highest BCUT2D eigenvalue weighted by Gasteiger charge is 2.33. The molecule has 0 saturated heterocycles. The first kappa shape index (κ1) is 13.0. The molecular formula is C12H21NO3. The molecule has 1 rings (SSSR count). The van der Waals surface area contributed by atoms with Crippen LogP contribution >= 0.6 is 0 Å². The van der Waals surface area contributed by atoms with Crippen molar-refractivity contribution in [3.8, 4) is 0 Å². The Hall–Kier alpha value is -1.06. The fraction of sp³-hybridized carbons (Fsp3) is 0.833. The number of nitrogens with zero attached hydrogens (tertiary/aromatic N) is 1. The van der Waals surface area contributed by atoms with E-state index in [-0.39, 0.29) is 18.2 Å². The Labute approximate surface area is 96.6 Å². The van der Waals surface area contributed by atoms with Crippen LogP contribution in [0.5, 0.6) is 0 Å². The minimum absolute atomic E-state index is 0.0521. The molecule has 1 N–H and O–H groups in total. The summed E-state index contributed by atoms with van der Waals surface area (Å²) >= 11 is 0. The molecule has 0 heterocycles. The zero-order chi connectivity index (χ0) is 12.1. The fourth-order valence-corrected chi connectivity index (χ4v) is 1.57. The molecule has 0 aromatic heterocycles. The van der Waals surface area contributed by atoms with Gasteiger partial charge < -0.3 is 10.0 Å². The normalized spacial score (nSPS) is 15.2. The maximum Gasteiger partial charge on any atom is 0.305 e. The number of amides is 1. The number of aliphatic carboxylic acids is 1. The third-order valence-electron chi connectivity index (χ3n) is 2.81. The van der Waals surface area contributed by atoms with E-state index < -0.39 is 5.97 Å². The zero-order valence-corrected chi connectivity index (χ0v) is 10.1. The van der Waals surface area contributed by atoms with E-state index in [4.69, 9.17) is 5.11 Å². The molecule has 1 saturated carbocycles. The molecule has 0 atom stereocenters. The van der Waals surface area contributed by atoms with Crippen molar-refractivity contribution in [3.05, 3.63) is 0 Å². The summed E-state index contributed by atoms with van der Waals surface area (Å²) < 4.78 is 0. The molecule has 0 spiro atoms. The van der Waals surface area contributed by atoms with Crippen LogP contribution < -0.4 is 0 Å². The molecule has 4 nitrogen and oxygen atoms in total. The third kappa shape index (κ3) is 4.64. The Morgan fingerprint density at radius 2 is 1.94 bits per heavy atom. The Morgan fingerprint density at radius 3 is 2.38 bits per heavy atom. The molecule has 0 bridgehead atoms. The van der Waals surface area contributed by atoms with Crippen LogP contribution in [0.3, 0.4) is 0 Å². The molecule has 1 aliphatic rings. The first-order valence-corrected chi connectivity index (χ1v) is 6.01. The van der Waals surface area contributed by atoms with Crippen molar-refractivity contribution >= 4 is 11.9 Å². The topological polar surface area (TPSA) is 57.6 Å². The van der Waals surface area contributed by atoms with Crippen molar-refractivity contribution in [2.24, 2.45) is 11.8 Å². The number of carboxylic acids is 1. The number of carbonyl (C=O) groups excluding carboxylic acids is 1. The summed E-state index contributed by atoms with van der Waals surface area (Å²) in [6, 6.07) is 0. The molecular weight excluding hydrogens is 206 g/mol. The summed E-state index contributed by atoms with van der Waals surface area (Å²) in [6.07, 6.45) is 2.95. The van der Waals surface area contributed by atoms with Gasteiger partial charge in [0.15, 0.2) is 0 Å². The second-order valence-corrected chi connectivity index (χ2v) is 4.93. The molecule has 0 aliphatic heterocycles. The SMILES string of the molecule is CC(C)CCN(CCC(=O)O)C(=O)C1CC1. The van der Waals surface area contributed by atoms with Gasteiger partial charge >= 0.3 is 5.97 Å². The maximum atomic E-state index is 11.9. The van der Waals surface area contributed by atoms with Gasteiger partial charge in [-0.1, -0.05) is 13.8 Å². The van der Waals surface area contributed by atoms with Crippen LogP contribution in [-0.2, 0) is 9.59 Å². The quantitative estimate of drug-likeness (QED) is 0.720. The van der Waals surface area contributed by atoms with Gasteiger partial charge in [0.05, 0.1) is 6.42 Å². The van der Waals surface area contributed by atoms with Crippen molar-refractivity contribution in [1.82, 2.24) is 4.90 Å². The second kappa shape index (κ2) is 5.87. The van der Waals surface area contributed by atoms with Crippen LogP contribution in [0.15, 0.2) is 0 Å². The smallest absolute Gasteiger partial charge is 0.305 e. The average molecular weight is 227 g/mol. The van der Waals surface area contributed by atoms with E-state index in [0.717, 1.165) is 19.3 Å². The van der Waals surface area contributed by atoms with Gasteiger partial charge in [-0.05, 0) is 25.2 Å². The zero-order valence-electron chi connectivity index (χ0n) is 10.1. The molecule has 92 valence electrons. The number of carboxylic acid groups (broad SMARTS) is 1. The average Bonchev–Trinajstić information content (AvgIpc) is 2.99. The van der Waals surface area contributed by atoms with E-state index in [1.165, 1.54) is 0 Å².